The summed E-state index contributed by atoms with van der Waals surface area (Å²) in [5.74, 6) is 0. The molecule has 0 fully saturated rings. The number of aryl methyl sites for hydroxylation is 1. The quantitative estimate of drug-likeness (QED) is 0.598. The Kier molecular flexibility index (Phi) is 2.06. The molecule has 0 saturated carbocycles. The van der Waals surface area contributed by atoms with E-state index in [0.717, 1.165) is 4.09 Å². The van der Waals surface area contributed by atoms with Crippen LogP contribution in [-0.4, -0.2) is 8.17 Å². The molecule has 0 aliphatic carbocycles. The van der Waals surface area contributed by atoms with E-state index in [2.05, 4.69) is 0 Å². The van der Waals surface area contributed by atoms with Crippen LogP contribution < -0.4 is 11.2 Å². The molecule has 0 spiro atoms. The molecule has 0 aromatic carbocycles. The van der Waals surface area contributed by atoms with E-state index in [1.807, 2.05) is 0 Å². The van der Waals surface area contributed by atoms with Crippen molar-refractivity contribution in [1.29, 1.82) is 0 Å². The Hall–Kier alpha value is -0.740. The number of halogens is 2. The number of aromatic nitrogens is 2. The molecule has 0 atom stereocenters. The molecule has 1 aromatic rings. The van der Waals surface area contributed by atoms with Gasteiger partial charge in [0.2, 0.25) is 0 Å². The third kappa shape index (κ3) is 1.32. The number of hydrogen-bond acceptors (Lipinski definition) is 2. The molecule has 0 radical (unpaired) electrons. The number of hydrogen-bond donors (Lipinski definition) is 0. The molecule has 6 heteroatoms. The monoisotopic (exact) mass is 194 g/mol. The first-order valence-electron chi connectivity index (χ1n) is 2.72. The van der Waals surface area contributed by atoms with Gasteiger partial charge in [0.05, 0.1) is 0 Å². The van der Waals surface area contributed by atoms with Crippen molar-refractivity contribution in [3.63, 3.8) is 0 Å². The van der Waals surface area contributed by atoms with E-state index in [4.69, 9.17) is 23.6 Å². The fourth-order valence-electron chi connectivity index (χ4n) is 0.614. The molecule has 0 N–H and O–H groups in total. The van der Waals surface area contributed by atoms with Crippen LogP contribution >= 0.6 is 23.6 Å². The maximum Gasteiger partial charge on any atom is 0.361 e. The molecular weight excluding hydrogens is 191 g/mol. The van der Waals surface area contributed by atoms with Crippen LogP contribution in [0, 0.1) is 6.92 Å². The van der Waals surface area contributed by atoms with Crippen LogP contribution in [0.1, 0.15) is 5.69 Å². The van der Waals surface area contributed by atoms with E-state index >= 15 is 0 Å². The van der Waals surface area contributed by atoms with E-state index in [1.54, 1.807) is 0 Å². The molecule has 0 aliphatic rings. The van der Waals surface area contributed by atoms with Crippen LogP contribution in [0.3, 0.4) is 0 Å². The van der Waals surface area contributed by atoms with Crippen LogP contribution in [0.5, 0.6) is 0 Å². The smallest absolute Gasteiger partial charge is 0.268 e. The lowest BCUT2D eigenvalue weighted by Crippen LogP contribution is -2.32. The molecule has 0 amide bonds. The third-order valence-electron chi connectivity index (χ3n) is 1.17. The molecule has 60 valence electrons. The van der Waals surface area contributed by atoms with E-state index in [9.17, 15) is 9.59 Å². The Bertz CT molecular complexity index is 392. The predicted molar refractivity (Wildman–Crippen MR) is 42.2 cm³/mol. The summed E-state index contributed by atoms with van der Waals surface area (Å²) in [7, 11) is 0. The summed E-state index contributed by atoms with van der Waals surface area (Å²) in [5, 5.41) is 0. The van der Waals surface area contributed by atoms with E-state index in [-0.39, 0.29) is 0 Å². The zero-order valence-electron chi connectivity index (χ0n) is 5.54. The predicted octanol–water partition coefficient (Wildman–Crippen LogP) is 0.322. The van der Waals surface area contributed by atoms with Gasteiger partial charge in [-0.05, 0) is 6.92 Å². The van der Waals surface area contributed by atoms with Gasteiger partial charge in [0.1, 0.15) is 0 Å². The van der Waals surface area contributed by atoms with Gasteiger partial charge in [-0.25, -0.2) is 8.88 Å². The van der Waals surface area contributed by atoms with Crippen LogP contribution in [0.2, 0.25) is 0 Å². The minimum atomic E-state index is -0.752. The summed E-state index contributed by atoms with van der Waals surface area (Å²) in [6, 6.07) is 1.17. The Morgan fingerprint density at radius 3 is 2.36 bits per heavy atom. The standard InChI is InChI=1S/C5H4Cl2N2O2/c1-3-2-4(10)9(7)5(11)8(3)6/h2H,1H3. The van der Waals surface area contributed by atoms with Gasteiger partial charge in [-0.2, -0.15) is 4.09 Å². The van der Waals surface area contributed by atoms with Crippen molar-refractivity contribution >= 4 is 23.6 Å². The fourth-order valence-corrected chi connectivity index (χ4v) is 0.902. The highest BCUT2D eigenvalue weighted by molar-refractivity contribution is 6.17. The van der Waals surface area contributed by atoms with Gasteiger partial charge in [0.25, 0.3) is 5.56 Å². The zero-order chi connectivity index (χ0) is 8.59. The lowest BCUT2D eigenvalue weighted by Gasteiger charge is -1.98. The fraction of sp³-hybridized carbons (Fsp3) is 0.200. The van der Waals surface area contributed by atoms with Crippen LogP contribution in [0.4, 0.5) is 0 Å². The first-order chi connectivity index (χ1) is 5.04. The second-order valence-corrected chi connectivity index (χ2v) is 2.64. The van der Waals surface area contributed by atoms with Gasteiger partial charge < -0.3 is 0 Å². The Balaban J connectivity index is 3.74. The largest absolute Gasteiger partial charge is 0.361 e. The number of rotatable bonds is 0. The SMILES string of the molecule is Cc1cc(=O)n(Cl)c(=O)n1Cl. The molecule has 11 heavy (non-hydrogen) atoms. The minimum Gasteiger partial charge on any atom is -0.268 e. The molecule has 0 unspecified atom stereocenters. The molecule has 0 aliphatic heterocycles. The van der Waals surface area contributed by atoms with E-state index < -0.39 is 11.2 Å². The third-order valence-corrected chi connectivity index (χ3v) is 1.89. The molecule has 0 bridgehead atoms. The molecular formula is C5H4Cl2N2O2. The summed E-state index contributed by atoms with van der Waals surface area (Å²) in [5.41, 5.74) is -0.969. The molecule has 1 heterocycles. The highest BCUT2D eigenvalue weighted by Gasteiger charge is 2.03. The van der Waals surface area contributed by atoms with Gasteiger partial charge in [0.15, 0.2) is 0 Å². The van der Waals surface area contributed by atoms with Gasteiger partial charge >= 0.3 is 5.69 Å². The van der Waals surface area contributed by atoms with Crippen molar-refractivity contribution in [2.75, 3.05) is 0 Å². The zero-order valence-corrected chi connectivity index (χ0v) is 7.06. The maximum absolute atomic E-state index is 10.9. The normalized spacial score (nSPS) is 10.1. The van der Waals surface area contributed by atoms with Crippen LogP contribution in [0.15, 0.2) is 15.7 Å². The summed E-state index contributed by atoms with van der Waals surface area (Å²) in [6.07, 6.45) is 0. The molecule has 4 nitrogen and oxygen atoms in total. The van der Waals surface area contributed by atoms with Gasteiger partial charge in [0, 0.05) is 35.3 Å². The van der Waals surface area contributed by atoms with Crippen molar-refractivity contribution in [1.82, 2.24) is 8.17 Å². The highest BCUT2D eigenvalue weighted by atomic mass is 35.5. The topological polar surface area (TPSA) is 44.0 Å². The Morgan fingerprint density at radius 2 is 1.82 bits per heavy atom. The highest BCUT2D eigenvalue weighted by Crippen LogP contribution is 1.91. The lowest BCUT2D eigenvalue weighted by atomic mass is 10.5. The van der Waals surface area contributed by atoms with Crippen LogP contribution in [0.25, 0.3) is 0 Å². The molecule has 0 saturated heterocycles. The lowest BCUT2D eigenvalue weighted by molar-refractivity contribution is 0.889. The summed E-state index contributed by atoms with van der Waals surface area (Å²) < 4.78 is 1.19. The average Bonchev–Trinajstić information content (AvgIpc) is 1.97. The van der Waals surface area contributed by atoms with E-state index in [1.165, 1.54) is 13.0 Å². The first kappa shape index (κ1) is 8.36. The second-order valence-electron chi connectivity index (χ2n) is 1.97. The Morgan fingerprint density at radius 1 is 1.27 bits per heavy atom. The van der Waals surface area contributed by atoms with Crippen molar-refractivity contribution < 1.29 is 0 Å². The average molecular weight is 195 g/mol. The van der Waals surface area contributed by atoms with Gasteiger partial charge in [-0.1, -0.05) is 0 Å². The summed E-state index contributed by atoms with van der Waals surface area (Å²) in [4.78, 5) is 21.6. The molecule has 1 aromatic heterocycles. The number of nitrogens with zero attached hydrogens (tertiary/aromatic N) is 2. The van der Waals surface area contributed by atoms with Crippen LogP contribution in [-0.2, 0) is 0 Å². The first-order valence-corrected chi connectivity index (χ1v) is 3.39. The van der Waals surface area contributed by atoms with Crippen molar-refractivity contribution in [3.8, 4) is 0 Å². The van der Waals surface area contributed by atoms with Crippen molar-refractivity contribution in [3.05, 3.63) is 32.6 Å². The second kappa shape index (κ2) is 2.71. The molecule has 1 rings (SSSR count). The Labute approximate surface area is 71.8 Å². The summed E-state index contributed by atoms with van der Waals surface area (Å²) in [6.45, 7) is 1.53. The summed E-state index contributed by atoms with van der Waals surface area (Å²) >= 11 is 10.7. The van der Waals surface area contributed by atoms with Gasteiger partial charge in [-0.15, -0.1) is 0 Å². The van der Waals surface area contributed by atoms with Gasteiger partial charge in [-0.3, -0.25) is 4.79 Å². The van der Waals surface area contributed by atoms with Crippen molar-refractivity contribution in [2.24, 2.45) is 0 Å². The minimum absolute atomic E-state index is 0.360. The van der Waals surface area contributed by atoms with E-state index in [0.29, 0.717) is 9.78 Å². The maximum atomic E-state index is 10.9. The van der Waals surface area contributed by atoms with Crippen molar-refractivity contribution in [2.45, 2.75) is 6.92 Å².